The molecule has 1 saturated heterocycles. The molecule has 15 heavy (non-hydrogen) atoms. The molecular weight excluding hydrogens is 200 g/mol. The number of carbonyl (C=O) groups is 3. The number of amides is 2. The van der Waals surface area contributed by atoms with Crippen molar-refractivity contribution in [1.29, 1.82) is 0 Å². The highest BCUT2D eigenvalue weighted by Crippen LogP contribution is 2.06. The highest BCUT2D eigenvalue weighted by atomic mass is 16.4. The highest BCUT2D eigenvalue weighted by Gasteiger charge is 2.27. The minimum atomic E-state index is -0.960. The molecule has 0 aromatic rings. The molecule has 0 aromatic carbocycles. The van der Waals surface area contributed by atoms with Crippen LogP contribution in [0.5, 0.6) is 0 Å². The third kappa shape index (κ3) is 3.57. The van der Waals surface area contributed by atoms with Gasteiger partial charge in [-0.3, -0.25) is 14.4 Å². The fourth-order valence-corrected chi connectivity index (χ4v) is 1.47. The van der Waals surface area contributed by atoms with E-state index in [0.717, 1.165) is 0 Å². The first-order valence-electron chi connectivity index (χ1n) is 4.80. The van der Waals surface area contributed by atoms with Gasteiger partial charge in [0.05, 0.1) is 6.42 Å². The van der Waals surface area contributed by atoms with Crippen molar-refractivity contribution in [3.05, 3.63) is 0 Å². The molecule has 6 heteroatoms. The zero-order chi connectivity index (χ0) is 11.4. The lowest BCUT2D eigenvalue weighted by Crippen LogP contribution is -2.45. The number of rotatable bonds is 4. The molecule has 0 aliphatic carbocycles. The summed E-state index contributed by atoms with van der Waals surface area (Å²) in [7, 11) is 0. The molecule has 1 aliphatic heterocycles. The van der Waals surface area contributed by atoms with E-state index >= 15 is 0 Å². The van der Waals surface area contributed by atoms with Gasteiger partial charge in [-0.25, -0.2) is 0 Å². The second-order valence-electron chi connectivity index (χ2n) is 3.67. The van der Waals surface area contributed by atoms with Gasteiger partial charge < -0.3 is 15.7 Å². The summed E-state index contributed by atoms with van der Waals surface area (Å²) < 4.78 is 0. The molecule has 2 unspecified atom stereocenters. The van der Waals surface area contributed by atoms with Crippen LogP contribution in [0.15, 0.2) is 0 Å². The summed E-state index contributed by atoms with van der Waals surface area (Å²) in [6.45, 7) is 1.61. The van der Waals surface area contributed by atoms with Crippen molar-refractivity contribution in [3.63, 3.8) is 0 Å². The van der Waals surface area contributed by atoms with E-state index in [1.165, 1.54) is 0 Å². The van der Waals surface area contributed by atoms with Crippen LogP contribution in [0, 0.1) is 0 Å². The molecule has 6 nitrogen and oxygen atoms in total. The van der Waals surface area contributed by atoms with Crippen LogP contribution in [0.2, 0.25) is 0 Å². The standard InChI is InChI=1S/C9H14N2O4/c1-5(4-8(13)14)10-9(15)6-2-3-7(12)11-6/h5-6H,2-4H2,1H3,(H,10,15)(H,11,12)(H,13,14). The molecule has 2 amide bonds. The lowest BCUT2D eigenvalue weighted by Gasteiger charge is -2.15. The summed E-state index contributed by atoms with van der Waals surface area (Å²) in [5.74, 6) is -1.41. The number of nitrogens with one attached hydrogen (secondary N) is 2. The summed E-state index contributed by atoms with van der Waals surface area (Å²) in [4.78, 5) is 32.6. The Labute approximate surface area is 87.0 Å². The number of carboxylic acids is 1. The zero-order valence-electron chi connectivity index (χ0n) is 8.45. The summed E-state index contributed by atoms with van der Waals surface area (Å²) in [6, 6.07) is -0.929. The van der Waals surface area contributed by atoms with Crippen LogP contribution in [-0.4, -0.2) is 35.0 Å². The Kier molecular flexibility index (Phi) is 3.65. The van der Waals surface area contributed by atoms with Crippen LogP contribution in [0.4, 0.5) is 0 Å². The van der Waals surface area contributed by atoms with E-state index in [4.69, 9.17) is 5.11 Å². The van der Waals surface area contributed by atoms with Crippen LogP contribution in [0.25, 0.3) is 0 Å². The molecule has 0 aromatic heterocycles. The van der Waals surface area contributed by atoms with Gasteiger partial charge in [-0.1, -0.05) is 0 Å². The first-order chi connectivity index (χ1) is 6.99. The van der Waals surface area contributed by atoms with Crippen molar-refractivity contribution in [2.75, 3.05) is 0 Å². The second kappa shape index (κ2) is 4.77. The Balaban J connectivity index is 2.35. The molecule has 84 valence electrons. The van der Waals surface area contributed by atoms with Crippen LogP contribution in [-0.2, 0) is 14.4 Å². The molecule has 0 radical (unpaired) electrons. The van der Waals surface area contributed by atoms with Gasteiger partial charge in [-0.15, -0.1) is 0 Å². The molecule has 0 bridgehead atoms. The maximum absolute atomic E-state index is 11.5. The van der Waals surface area contributed by atoms with E-state index in [9.17, 15) is 14.4 Å². The average Bonchev–Trinajstić information content (AvgIpc) is 2.49. The number of carboxylic acid groups (broad SMARTS) is 1. The molecule has 1 fully saturated rings. The van der Waals surface area contributed by atoms with Crippen LogP contribution < -0.4 is 10.6 Å². The monoisotopic (exact) mass is 214 g/mol. The average molecular weight is 214 g/mol. The number of aliphatic carboxylic acids is 1. The summed E-state index contributed by atoms with van der Waals surface area (Å²) in [5, 5.41) is 13.5. The van der Waals surface area contributed by atoms with Crippen molar-refractivity contribution in [3.8, 4) is 0 Å². The highest BCUT2D eigenvalue weighted by molar-refractivity contribution is 5.91. The molecule has 2 atom stereocenters. The fraction of sp³-hybridized carbons (Fsp3) is 0.667. The number of carbonyl (C=O) groups excluding carboxylic acids is 2. The Morgan fingerprint density at radius 1 is 1.67 bits per heavy atom. The predicted octanol–water partition coefficient (Wildman–Crippen LogP) is -0.756. The zero-order valence-corrected chi connectivity index (χ0v) is 8.45. The molecule has 3 N–H and O–H groups in total. The lowest BCUT2D eigenvalue weighted by molar-refractivity contribution is -0.137. The van der Waals surface area contributed by atoms with Crippen molar-refractivity contribution in [2.24, 2.45) is 0 Å². The van der Waals surface area contributed by atoms with E-state index in [-0.39, 0.29) is 18.2 Å². The minimum absolute atomic E-state index is 0.119. The van der Waals surface area contributed by atoms with Crippen molar-refractivity contribution in [2.45, 2.75) is 38.3 Å². The van der Waals surface area contributed by atoms with Gasteiger partial charge in [0.25, 0.3) is 0 Å². The Hall–Kier alpha value is -1.59. The fourth-order valence-electron chi connectivity index (χ4n) is 1.47. The van der Waals surface area contributed by atoms with Crippen LogP contribution in [0.3, 0.4) is 0 Å². The minimum Gasteiger partial charge on any atom is -0.481 e. The van der Waals surface area contributed by atoms with E-state index in [0.29, 0.717) is 12.8 Å². The van der Waals surface area contributed by atoms with Gasteiger partial charge in [0.2, 0.25) is 11.8 Å². The lowest BCUT2D eigenvalue weighted by atomic mass is 10.2. The summed E-state index contributed by atoms with van der Waals surface area (Å²) >= 11 is 0. The van der Waals surface area contributed by atoms with Gasteiger partial charge in [-0.2, -0.15) is 0 Å². The quantitative estimate of drug-likeness (QED) is 0.573. The van der Waals surface area contributed by atoms with Crippen molar-refractivity contribution in [1.82, 2.24) is 10.6 Å². The maximum Gasteiger partial charge on any atom is 0.305 e. The largest absolute Gasteiger partial charge is 0.481 e. The van der Waals surface area contributed by atoms with Crippen molar-refractivity contribution >= 4 is 17.8 Å². The first kappa shape index (κ1) is 11.5. The third-order valence-corrected chi connectivity index (χ3v) is 2.18. The van der Waals surface area contributed by atoms with Gasteiger partial charge >= 0.3 is 5.97 Å². The SMILES string of the molecule is CC(CC(=O)O)NC(=O)C1CCC(=O)N1. The summed E-state index contributed by atoms with van der Waals surface area (Å²) in [6.07, 6.45) is 0.711. The molecule has 1 heterocycles. The third-order valence-electron chi connectivity index (χ3n) is 2.18. The Bertz CT molecular complexity index is 290. The molecule has 0 saturated carbocycles. The smallest absolute Gasteiger partial charge is 0.305 e. The van der Waals surface area contributed by atoms with Gasteiger partial charge in [-0.05, 0) is 13.3 Å². The first-order valence-corrected chi connectivity index (χ1v) is 4.80. The second-order valence-corrected chi connectivity index (χ2v) is 3.67. The molecular formula is C9H14N2O4. The normalized spacial score (nSPS) is 21.9. The van der Waals surface area contributed by atoms with E-state index in [2.05, 4.69) is 10.6 Å². The van der Waals surface area contributed by atoms with E-state index in [1.54, 1.807) is 6.92 Å². The maximum atomic E-state index is 11.5. The van der Waals surface area contributed by atoms with Crippen LogP contribution >= 0.6 is 0 Å². The van der Waals surface area contributed by atoms with Gasteiger partial charge in [0, 0.05) is 12.5 Å². The molecule has 1 aliphatic rings. The Morgan fingerprint density at radius 3 is 2.80 bits per heavy atom. The number of hydrogen-bond donors (Lipinski definition) is 3. The molecule has 0 spiro atoms. The van der Waals surface area contributed by atoms with Crippen molar-refractivity contribution < 1.29 is 19.5 Å². The van der Waals surface area contributed by atoms with Gasteiger partial charge in [0.15, 0.2) is 0 Å². The predicted molar refractivity (Wildman–Crippen MR) is 51.0 cm³/mol. The summed E-state index contributed by atoms with van der Waals surface area (Å²) in [5.41, 5.74) is 0. The van der Waals surface area contributed by atoms with Gasteiger partial charge in [0.1, 0.15) is 6.04 Å². The topological polar surface area (TPSA) is 95.5 Å². The van der Waals surface area contributed by atoms with E-state index in [1.807, 2.05) is 0 Å². The number of hydrogen-bond acceptors (Lipinski definition) is 3. The Morgan fingerprint density at radius 2 is 2.33 bits per heavy atom. The molecule has 1 rings (SSSR count). The van der Waals surface area contributed by atoms with Crippen LogP contribution in [0.1, 0.15) is 26.2 Å². The van der Waals surface area contributed by atoms with E-state index < -0.39 is 18.1 Å².